The van der Waals surface area contributed by atoms with Crippen molar-refractivity contribution in [2.24, 2.45) is 7.05 Å². The number of imidazole rings is 1. The molecule has 112 valence electrons. The van der Waals surface area contributed by atoms with Gasteiger partial charge in [0.05, 0.1) is 12.9 Å². The summed E-state index contributed by atoms with van der Waals surface area (Å²) in [6.07, 6.45) is 1.79. The van der Waals surface area contributed by atoms with Crippen molar-refractivity contribution in [3.63, 3.8) is 0 Å². The van der Waals surface area contributed by atoms with Gasteiger partial charge in [-0.25, -0.2) is 15.0 Å². The Morgan fingerprint density at radius 1 is 1.33 bits per heavy atom. The number of pyridine rings is 1. The van der Waals surface area contributed by atoms with Crippen LogP contribution in [0.1, 0.15) is 6.92 Å². The van der Waals surface area contributed by atoms with Crippen molar-refractivity contribution in [3.8, 4) is 0 Å². The summed E-state index contributed by atoms with van der Waals surface area (Å²) in [4.78, 5) is 14.5. The van der Waals surface area contributed by atoms with Crippen LogP contribution in [0, 0.1) is 0 Å². The van der Waals surface area contributed by atoms with Crippen molar-refractivity contribution >= 4 is 43.7 Å². The fourth-order valence-corrected chi connectivity index (χ4v) is 3.07. The zero-order valence-electron chi connectivity index (χ0n) is 12.3. The highest BCUT2D eigenvalue weighted by Crippen LogP contribution is 2.32. The van der Waals surface area contributed by atoms with E-state index in [2.05, 4.69) is 25.6 Å². The fraction of sp³-hybridized carbons (Fsp3) is 0.462. The molecule has 0 saturated carbocycles. The number of aromatic nitrogens is 4. The molecule has 3 rings (SSSR count). The van der Waals surface area contributed by atoms with Gasteiger partial charge in [-0.1, -0.05) is 11.3 Å². The van der Waals surface area contributed by atoms with Gasteiger partial charge in [0.25, 0.3) is 0 Å². The van der Waals surface area contributed by atoms with Crippen LogP contribution in [-0.4, -0.2) is 46.3 Å². The molecule has 7 nitrogen and oxygen atoms in total. The van der Waals surface area contributed by atoms with Gasteiger partial charge < -0.3 is 19.9 Å². The minimum absolute atomic E-state index is 0.669. The van der Waals surface area contributed by atoms with E-state index < -0.39 is 0 Å². The molecule has 0 radical (unpaired) electrons. The second-order valence-electron chi connectivity index (χ2n) is 4.56. The summed E-state index contributed by atoms with van der Waals surface area (Å²) in [5.74, 6) is 0.780. The van der Waals surface area contributed by atoms with Gasteiger partial charge >= 0.3 is 0 Å². The summed E-state index contributed by atoms with van der Waals surface area (Å²) >= 11 is 1.54. The molecule has 0 spiro atoms. The first-order chi connectivity index (χ1) is 10.2. The molecule has 3 heterocycles. The van der Waals surface area contributed by atoms with Crippen molar-refractivity contribution < 1.29 is 4.74 Å². The lowest BCUT2D eigenvalue weighted by atomic mass is 10.3. The van der Waals surface area contributed by atoms with E-state index in [0.29, 0.717) is 6.61 Å². The molecule has 0 aliphatic rings. The van der Waals surface area contributed by atoms with Gasteiger partial charge in [0.1, 0.15) is 21.4 Å². The molecule has 0 fully saturated rings. The highest BCUT2D eigenvalue weighted by atomic mass is 32.1. The maximum atomic E-state index is 5.32. The highest BCUT2D eigenvalue weighted by molar-refractivity contribution is 7.21. The van der Waals surface area contributed by atoms with Gasteiger partial charge in [0.2, 0.25) is 0 Å². The van der Waals surface area contributed by atoms with Crippen LogP contribution >= 0.6 is 11.3 Å². The number of fused-ring (bicyclic) bond motifs is 3. The number of nitrogens with zero attached hydrogens (tertiary/aromatic N) is 4. The number of hydrogen-bond donors (Lipinski definition) is 2. The zero-order valence-corrected chi connectivity index (χ0v) is 13.1. The van der Waals surface area contributed by atoms with E-state index >= 15 is 0 Å². The monoisotopic (exact) mass is 306 g/mol. The Kier molecular flexibility index (Phi) is 3.89. The summed E-state index contributed by atoms with van der Waals surface area (Å²) < 4.78 is 7.29. The van der Waals surface area contributed by atoms with Crippen molar-refractivity contribution in [1.29, 1.82) is 0 Å². The number of ether oxygens (including phenoxy) is 1. The van der Waals surface area contributed by atoms with Gasteiger partial charge in [-0.3, -0.25) is 0 Å². The summed E-state index contributed by atoms with van der Waals surface area (Å²) in [6.45, 7) is 4.12. The molecule has 2 N–H and O–H groups in total. The molecular weight excluding hydrogens is 288 g/mol. The van der Waals surface area contributed by atoms with E-state index in [9.17, 15) is 0 Å². The third kappa shape index (κ3) is 2.52. The summed E-state index contributed by atoms with van der Waals surface area (Å²) in [7, 11) is 3.82. The lowest BCUT2D eigenvalue weighted by molar-refractivity contribution is 0.158. The van der Waals surface area contributed by atoms with Crippen LogP contribution in [-0.2, 0) is 11.8 Å². The Labute approximate surface area is 126 Å². The molecule has 0 saturated heterocycles. The number of anilines is 2. The summed E-state index contributed by atoms with van der Waals surface area (Å²) in [5.41, 5.74) is 2.73. The van der Waals surface area contributed by atoms with Crippen LogP contribution < -0.4 is 10.6 Å². The first-order valence-electron chi connectivity index (χ1n) is 6.85. The van der Waals surface area contributed by atoms with Crippen LogP contribution in [0.4, 0.5) is 10.9 Å². The molecule has 8 heteroatoms. The van der Waals surface area contributed by atoms with Crippen LogP contribution in [0.2, 0.25) is 0 Å². The van der Waals surface area contributed by atoms with Gasteiger partial charge in [-0.05, 0) is 6.92 Å². The number of thiazole rings is 1. The first kappa shape index (κ1) is 14.0. The average molecular weight is 306 g/mol. The maximum Gasteiger partial charge on any atom is 0.185 e. The molecule has 0 aliphatic heterocycles. The SMILES string of the molecule is CCOCCNc1nc2c(nc(NC)c3ncn(C)c32)s1. The number of hydrogen-bond acceptors (Lipinski definition) is 7. The van der Waals surface area contributed by atoms with E-state index in [1.165, 1.54) is 0 Å². The van der Waals surface area contributed by atoms with Gasteiger partial charge in [-0.2, -0.15) is 0 Å². The van der Waals surface area contributed by atoms with Crippen molar-refractivity contribution in [2.75, 3.05) is 37.4 Å². The smallest absolute Gasteiger partial charge is 0.185 e. The minimum Gasteiger partial charge on any atom is -0.380 e. The fourth-order valence-electron chi connectivity index (χ4n) is 2.20. The van der Waals surface area contributed by atoms with Crippen molar-refractivity contribution in [1.82, 2.24) is 19.5 Å². The van der Waals surface area contributed by atoms with E-state index in [4.69, 9.17) is 4.74 Å². The normalized spacial score (nSPS) is 11.4. The lowest BCUT2D eigenvalue weighted by Gasteiger charge is -2.01. The summed E-state index contributed by atoms with van der Waals surface area (Å²) in [5, 5.41) is 7.23. The van der Waals surface area contributed by atoms with Crippen LogP contribution in [0.3, 0.4) is 0 Å². The molecule has 0 unspecified atom stereocenters. The Bertz CT molecular complexity index is 765. The Morgan fingerprint density at radius 3 is 2.95 bits per heavy atom. The zero-order chi connectivity index (χ0) is 14.8. The molecule has 21 heavy (non-hydrogen) atoms. The molecule has 3 aromatic heterocycles. The van der Waals surface area contributed by atoms with Crippen LogP contribution in [0.5, 0.6) is 0 Å². The lowest BCUT2D eigenvalue weighted by Crippen LogP contribution is -2.08. The second-order valence-corrected chi connectivity index (χ2v) is 5.54. The predicted octanol–water partition coefficient (Wildman–Crippen LogP) is 2.07. The minimum atomic E-state index is 0.669. The Balaban J connectivity index is 2.00. The molecular formula is C13H18N6OS. The number of nitrogens with one attached hydrogen (secondary N) is 2. The quantitative estimate of drug-likeness (QED) is 0.679. The number of rotatable bonds is 6. The predicted molar refractivity (Wildman–Crippen MR) is 86.2 cm³/mol. The first-order valence-corrected chi connectivity index (χ1v) is 7.67. The summed E-state index contributed by atoms with van der Waals surface area (Å²) in [6, 6.07) is 0. The third-order valence-corrected chi connectivity index (χ3v) is 4.08. The Hall–Kier alpha value is -1.93. The topological polar surface area (TPSA) is 76.9 Å². The van der Waals surface area contributed by atoms with E-state index in [0.717, 1.165) is 45.5 Å². The van der Waals surface area contributed by atoms with Gasteiger partial charge in [0.15, 0.2) is 10.9 Å². The third-order valence-electron chi connectivity index (χ3n) is 3.17. The largest absolute Gasteiger partial charge is 0.380 e. The maximum absolute atomic E-state index is 5.32. The van der Waals surface area contributed by atoms with Crippen molar-refractivity contribution in [3.05, 3.63) is 6.33 Å². The second kappa shape index (κ2) is 5.82. The van der Waals surface area contributed by atoms with Gasteiger partial charge in [-0.15, -0.1) is 0 Å². The van der Waals surface area contributed by atoms with Crippen LogP contribution in [0.25, 0.3) is 21.4 Å². The number of aryl methyl sites for hydroxylation is 1. The highest BCUT2D eigenvalue weighted by Gasteiger charge is 2.16. The van der Waals surface area contributed by atoms with Crippen LogP contribution in [0.15, 0.2) is 6.33 Å². The van der Waals surface area contributed by atoms with Gasteiger partial charge in [0, 0.05) is 27.2 Å². The molecule has 0 atom stereocenters. The van der Waals surface area contributed by atoms with E-state index in [1.807, 2.05) is 25.6 Å². The molecule has 3 aromatic rings. The molecule has 0 bridgehead atoms. The standard InChI is InChI=1S/C13H18N6OS/c1-4-20-6-5-15-13-17-9-10-8(16-7-19(10)3)11(14-2)18-12(9)21-13/h7H,4-6H2,1-3H3,(H,14,18)(H,15,17). The van der Waals surface area contributed by atoms with E-state index in [-0.39, 0.29) is 0 Å². The molecule has 0 aromatic carbocycles. The molecule has 0 amide bonds. The van der Waals surface area contributed by atoms with Crippen molar-refractivity contribution in [2.45, 2.75) is 6.92 Å². The van der Waals surface area contributed by atoms with E-state index in [1.54, 1.807) is 17.7 Å². The molecule has 0 aliphatic carbocycles. The average Bonchev–Trinajstić information content (AvgIpc) is 3.06. The Morgan fingerprint density at radius 2 is 2.19 bits per heavy atom.